The van der Waals surface area contributed by atoms with Gasteiger partial charge in [0.25, 0.3) is 5.91 Å². The SMILES string of the molecule is COc1ccc2c(c1)C(=O)CCN2C(=O)c1ccc(Cl)c(Cl)c1. The first-order valence-electron chi connectivity index (χ1n) is 6.99. The Morgan fingerprint density at radius 2 is 1.91 bits per heavy atom. The molecule has 0 N–H and O–H groups in total. The standard InChI is InChI=1S/C17H13Cl2NO3/c1-23-11-3-5-15-12(9-11)16(21)6-7-20(15)17(22)10-2-4-13(18)14(19)8-10/h2-5,8-9H,6-7H2,1H3. The second kappa shape index (κ2) is 6.22. The lowest BCUT2D eigenvalue weighted by Gasteiger charge is -2.29. The summed E-state index contributed by atoms with van der Waals surface area (Å²) >= 11 is 11.9. The van der Waals surface area contributed by atoms with Crippen LogP contribution in [-0.2, 0) is 0 Å². The molecule has 118 valence electrons. The quantitative estimate of drug-likeness (QED) is 0.814. The van der Waals surface area contributed by atoms with Crippen molar-refractivity contribution in [1.29, 1.82) is 0 Å². The molecule has 0 aromatic heterocycles. The summed E-state index contributed by atoms with van der Waals surface area (Å²) < 4.78 is 5.15. The average molecular weight is 350 g/mol. The third-order valence-electron chi connectivity index (χ3n) is 3.77. The molecule has 0 bridgehead atoms. The van der Waals surface area contributed by atoms with Gasteiger partial charge in [-0.1, -0.05) is 23.2 Å². The van der Waals surface area contributed by atoms with E-state index in [1.807, 2.05) is 0 Å². The Balaban J connectivity index is 2.01. The number of hydrogen-bond acceptors (Lipinski definition) is 3. The fourth-order valence-electron chi connectivity index (χ4n) is 2.57. The van der Waals surface area contributed by atoms with Crippen LogP contribution >= 0.6 is 23.2 Å². The number of Topliss-reactive ketones (excluding diaryl/α,β-unsaturated/α-hetero) is 1. The minimum atomic E-state index is -0.220. The Morgan fingerprint density at radius 3 is 2.61 bits per heavy atom. The second-order valence-electron chi connectivity index (χ2n) is 5.14. The van der Waals surface area contributed by atoms with Gasteiger partial charge >= 0.3 is 0 Å². The average Bonchev–Trinajstić information content (AvgIpc) is 2.57. The molecule has 0 spiro atoms. The van der Waals surface area contributed by atoms with Crippen LogP contribution in [0.25, 0.3) is 0 Å². The number of hydrogen-bond donors (Lipinski definition) is 0. The van der Waals surface area contributed by atoms with Gasteiger partial charge in [-0.15, -0.1) is 0 Å². The molecule has 23 heavy (non-hydrogen) atoms. The molecule has 1 aliphatic heterocycles. The summed E-state index contributed by atoms with van der Waals surface area (Å²) in [6, 6.07) is 9.85. The Labute approximate surface area is 143 Å². The number of anilines is 1. The molecular formula is C17H13Cl2NO3. The predicted molar refractivity (Wildman–Crippen MR) is 90.1 cm³/mol. The molecule has 0 unspecified atom stereocenters. The van der Waals surface area contributed by atoms with Crippen molar-refractivity contribution in [3.63, 3.8) is 0 Å². The van der Waals surface area contributed by atoms with Crippen molar-refractivity contribution in [2.24, 2.45) is 0 Å². The van der Waals surface area contributed by atoms with E-state index in [9.17, 15) is 9.59 Å². The summed E-state index contributed by atoms with van der Waals surface area (Å²) in [4.78, 5) is 26.5. The van der Waals surface area contributed by atoms with Gasteiger partial charge in [0.05, 0.1) is 22.8 Å². The Kier molecular flexibility index (Phi) is 4.28. The van der Waals surface area contributed by atoms with E-state index in [0.29, 0.717) is 39.2 Å². The van der Waals surface area contributed by atoms with E-state index in [0.717, 1.165) is 0 Å². The van der Waals surface area contributed by atoms with Crippen molar-refractivity contribution in [3.8, 4) is 5.75 Å². The molecule has 0 radical (unpaired) electrons. The highest BCUT2D eigenvalue weighted by Gasteiger charge is 2.28. The van der Waals surface area contributed by atoms with Crippen molar-refractivity contribution in [1.82, 2.24) is 0 Å². The zero-order valence-corrected chi connectivity index (χ0v) is 13.8. The topological polar surface area (TPSA) is 46.6 Å². The molecule has 0 saturated carbocycles. The summed E-state index contributed by atoms with van der Waals surface area (Å²) in [5.74, 6) is 0.362. The van der Waals surface area contributed by atoms with E-state index in [2.05, 4.69) is 0 Å². The maximum absolute atomic E-state index is 12.8. The van der Waals surface area contributed by atoms with Gasteiger partial charge in [0.2, 0.25) is 0 Å². The second-order valence-corrected chi connectivity index (χ2v) is 5.96. The summed E-state index contributed by atoms with van der Waals surface area (Å²) in [6.45, 7) is 0.331. The number of amides is 1. The van der Waals surface area contributed by atoms with Crippen LogP contribution in [0.4, 0.5) is 5.69 Å². The monoisotopic (exact) mass is 349 g/mol. The summed E-state index contributed by atoms with van der Waals surface area (Å²) in [7, 11) is 1.54. The van der Waals surface area contributed by atoms with Gasteiger partial charge in [0.1, 0.15) is 5.75 Å². The number of benzene rings is 2. The Hall–Kier alpha value is -2.04. The minimum absolute atomic E-state index is 0.00270. The van der Waals surface area contributed by atoms with Crippen LogP contribution in [0.15, 0.2) is 36.4 Å². The van der Waals surface area contributed by atoms with Gasteiger partial charge in [-0.2, -0.15) is 0 Å². The fourth-order valence-corrected chi connectivity index (χ4v) is 2.86. The Morgan fingerprint density at radius 1 is 1.13 bits per heavy atom. The van der Waals surface area contributed by atoms with Crippen molar-refractivity contribution < 1.29 is 14.3 Å². The number of halogens is 2. The number of fused-ring (bicyclic) bond motifs is 1. The highest BCUT2D eigenvalue weighted by atomic mass is 35.5. The zero-order chi connectivity index (χ0) is 16.6. The molecule has 1 aliphatic rings. The maximum atomic E-state index is 12.8. The van der Waals surface area contributed by atoms with Crippen LogP contribution in [0.1, 0.15) is 27.1 Å². The van der Waals surface area contributed by atoms with E-state index in [1.165, 1.54) is 13.2 Å². The van der Waals surface area contributed by atoms with E-state index in [-0.39, 0.29) is 18.1 Å². The van der Waals surface area contributed by atoms with E-state index < -0.39 is 0 Å². The van der Waals surface area contributed by atoms with Crippen molar-refractivity contribution in [3.05, 3.63) is 57.6 Å². The zero-order valence-electron chi connectivity index (χ0n) is 12.3. The molecule has 0 aliphatic carbocycles. The molecule has 0 fully saturated rings. The summed E-state index contributed by atoms with van der Waals surface area (Å²) in [5, 5.41) is 0.711. The van der Waals surface area contributed by atoms with Crippen molar-refractivity contribution in [2.45, 2.75) is 6.42 Å². The first-order chi connectivity index (χ1) is 11.0. The molecule has 2 aromatic carbocycles. The number of nitrogens with zero attached hydrogens (tertiary/aromatic N) is 1. The highest BCUT2D eigenvalue weighted by Crippen LogP contribution is 2.32. The molecule has 1 heterocycles. The first-order valence-corrected chi connectivity index (χ1v) is 7.75. The number of ether oxygens (including phenoxy) is 1. The summed E-state index contributed by atoms with van der Waals surface area (Å²) in [5.41, 5.74) is 1.50. The van der Waals surface area contributed by atoms with Gasteiger partial charge < -0.3 is 9.64 Å². The number of carbonyl (C=O) groups is 2. The highest BCUT2D eigenvalue weighted by molar-refractivity contribution is 6.42. The lowest BCUT2D eigenvalue weighted by atomic mass is 9.99. The number of methoxy groups -OCH3 is 1. The Bertz CT molecular complexity index is 804. The molecule has 6 heteroatoms. The van der Waals surface area contributed by atoms with Gasteiger partial charge in [-0.25, -0.2) is 0 Å². The van der Waals surface area contributed by atoms with Gasteiger partial charge in [0, 0.05) is 24.1 Å². The smallest absolute Gasteiger partial charge is 0.258 e. The van der Waals surface area contributed by atoms with Crippen LogP contribution < -0.4 is 9.64 Å². The molecule has 1 amide bonds. The van der Waals surface area contributed by atoms with Crippen LogP contribution in [0.5, 0.6) is 5.75 Å². The third-order valence-corrected chi connectivity index (χ3v) is 4.51. The van der Waals surface area contributed by atoms with Crippen molar-refractivity contribution in [2.75, 3.05) is 18.6 Å². The van der Waals surface area contributed by atoms with Crippen LogP contribution in [0.3, 0.4) is 0 Å². The fraction of sp³-hybridized carbons (Fsp3) is 0.176. The lowest BCUT2D eigenvalue weighted by molar-refractivity contribution is 0.0955. The number of carbonyl (C=O) groups excluding carboxylic acids is 2. The molecule has 4 nitrogen and oxygen atoms in total. The maximum Gasteiger partial charge on any atom is 0.258 e. The largest absolute Gasteiger partial charge is 0.497 e. The third kappa shape index (κ3) is 2.92. The van der Waals surface area contributed by atoms with Crippen LogP contribution in [-0.4, -0.2) is 25.3 Å². The van der Waals surface area contributed by atoms with Crippen LogP contribution in [0.2, 0.25) is 10.0 Å². The van der Waals surface area contributed by atoms with E-state index in [1.54, 1.807) is 35.2 Å². The first kappa shape index (κ1) is 15.8. The van der Waals surface area contributed by atoms with E-state index >= 15 is 0 Å². The normalized spacial score (nSPS) is 13.7. The molecule has 3 rings (SSSR count). The van der Waals surface area contributed by atoms with Gasteiger partial charge in [-0.3, -0.25) is 9.59 Å². The molecule has 2 aromatic rings. The van der Waals surface area contributed by atoms with E-state index in [4.69, 9.17) is 27.9 Å². The van der Waals surface area contributed by atoms with Crippen LogP contribution in [0, 0.1) is 0 Å². The number of rotatable bonds is 2. The molecular weight excluding hydrogens is 337 g/mol. The predicted octanol–water partition coefficient (Wildman–Crippen LogP) is 4.24. The van der Waals surface area contributed by atoms with Crippen molar-refractivity contribution >= 4 is 40.6 Å². The van der Waals surface area contributed by atoms with Gasteiger partial charge in [0.15, 0.2) is 5.78 Å². The molecule has 0 saturated heterocycles. The number of ketones is 1. The van der Waals surface area contributed by atoms with Gasteiger partial charge in [-0.05, 0) is 36.4 Å². The lowest BCUT2D eigenvalue weighted by Crippen LogP contribution is -2.37. The molecule has 0 atom stereocenters. The summed E-state index contributed by atoms with van der Waals surface area (Å²) in [6.07, 6.45) is 0.271. The minimum Gasteiger partial charge on any atom is -0.497 e.